The Kier molecular flexibility index (Phi) is 2.33. The summed E-state index contributed by atoms with van der Waals surface area (Å²) in [6.07, 6.45) is -6.49. The predicted molar refractivity (Wildman–Crippen MR) is 95.3 cm³/mol. The van der Waals surface area contributed by atoms with Gasteiger partial charge in [0.05, 0.1) is 0 Å². The molecule has 2 atom stereocenters. The van der Waals surface area contributed by atoms with Crippen molar-refractivity contribution in [2.75, 3.05) is 0 Å². The third-order valence-corrected chi connectivity index (χ3v) is 5.01. The van der Waals surface area contributed by atoms with Crippen LogP contribution in [-0.2, 0) is 6.42 Å². The lowest BCUT2D eigenvalue weighted by atomic mass is 9.67. The van der Waals surface area contributed by atoms with Crippen LogP contribution in [0, 0.1) is 5.92 Å². The molecule has 1 aliphatic carbocycles. The average molecular weight is 324 g/mol. The van der Waals surface area contributed by atoms with Crippen molar-refractivity contribution >= 4 is 0 Å². The van der Waals surface area contributed by atoms with Gasteiger partial charge >= 0.3 is 0 Å². The molecule has 1 aromatic rings. The van der Waals surface area contributed by atoms with Crippen molar-refractivity contribution in [3.05, 3.63) is 34.9 Å². The Bertz CT molecular complexity index is 932. The second kappa shape index (κ2) is 6.22. The summed E-state index contributed by atoms with van der Waals surface area (Å²) in [5.41, 5.74) is 1.53. The number of hydrogen-bond acceptors (Lipinski definition) is 2. The molecule has 126 valence electrons. The third-order valence-electron chi connectivity index (χ3n) is 5.01. The van der Waals surface area contributed by atoms with Crippen molar-refractivity contribution in [3.8, 4) is 11.5 Å². The Morgan fingerprint density at radius 3 is 3.00 bits per heavy atom. The first-order valence-corrected chi connectivity index (χ1v) is 8.02. The van der Waals surface area contributed by atoms with E-state index in [1.54, 1.807) is 6.07 Å². The molecule has 1 heterocycles. The van der Waals surface area contributed by atoms with Crippen molar-refractivity contribution in [3.63, 3.8) is 0 Å². The number of fused-ring (bicyclic) bond motifs is 3. The molecule has 0 fully saturated rings. The van der Waals surface area contributed by atoms with Crippen LogP contribution in [0.3, 0.4) is 0 Å². The van der Waals surface area contributed by atoms with Gasteiger partial charge in [0, 0.05) is 29.7 Å². The molecule has 3 rings (SSSR count). The fraction of sp³-hybridized carbons (Fsp3) is 0.619. The zero-order chi connectivity index (χ0) is 24.5. The number of rotatable bonds is 4. The van der Waals surface area contributed by atoms with Crippen LogP contribution >= 0.6 is 0 Å². The summed E-state index contributed by atoms with van der Waals surface area (Å²) in [7, 11) is 0. The number of hydrogen-bond donors (Lipinski definition) is 1. The summed E-state index contributed by atoms with van der Waals surface area (Å²) in [6, 6.07) is 2.91. The van der Waals surface area contributed by atoms with E-state index in [-0.39, 0.29) is 23.1 Å². The normalized spacial score (nSPS) is 33.3. The van der Waals surface area contributed by atoms with Gasteiger partial charge in [-0.3, -0.25) is 0 Å². The van der Waals surface area contributed by atoms with Crippen LogP contribution in [0.1, 0.15) is 89.0 Å². The van der Waals surface area contributed by atoms with Crippen LogP contribution < -0.4 is 4.74 Å². The molecule has 1 N–H and O–H groups in total. The minimum Gasteiger partial charge on any atom is -0.508 e. The second-order valence-electron chi connectivity index (χ2n) is 7.04. The quantitative estimate of drug-likeness (QED) is 0.716. The van der Waals surface area contributed by atoms with Gasteiger partial charge in [0.2, 0.25) is 0 Å². The van der Waals surface area contributed by atoms with E-state index in [4.69, 9.17) is 17.1 Å². The Hall–Kier alpha value is -1.44. The van der Waals surface area contributed by atoms with Crippen LogP contribution in [0.15, 0.2) is 23.8 Å². The zero-order valence-corrected chi connectivity index (χ0v) is 13.9. The number of aromatic hydroxyl groups is 1. The maximum absolute atomic E-state index is 10.8. The van der Waals surface area contributed by atoms with Gasteiger partial charge in [-0.05, 0) is 64.1 Å². The van der Waals surface area contributed by atoms with E-state index in [9.17, 15) is 5.11 Å². The molecule has 2 nitrogen and oxygen atoms in total. The molecule has 0 saturated heterocycles. The Morgan fingerprint density at radius 1 is 1.39 bits per heavy atom. The van der Waals surface area contributed by atoms with Crippen LogP contribution in [0.4, 0.5) is 0 Å². The van der Waals surface area contributed by atoms with Crippen LogP contribution in [0.25, 0.3) is 0 Å². The zero-order valence-electron chi connectivity index (χ0n) is 22.9. The molecule has 0 unspecified atom stereocenters. The Morgan fingerprint density at radius 2 is 2.22 bits per heavy atom. The molecule has 0 spiro atoms. The molecule has 0 amide bonds. The van der Waals surface area contributed by atoms with E-state index in [2.05, 4.69) is 6.08 Å². The van der Waals surface area contributed by atoms with E-state index >= 15 is 0 Å². The number of allylic oxidation sites excluding steroid dienone is 2. The minimum absolute atomic E-state index is 0.0284. The minimum atomic E-state index is -3.42. The molecule has 1 aromatic carbocycles. The van der Waals surface area contributed by atoms with Crippen molar-refractivity contribution in [1.29, 1.82) is 0 Å². The highest BCUT2D eigenvalue weighted by atomic mass is 16.5. The molecule has 0 radical (unpaired) electrons. The molecule has 23 heavy (non-hydrogen) atoms. The highest BCUT2D eigenvalue weighted by Crippen LogP contribution is 2.54. The monoisotopic (exact) mass is 323 g/mol. The SMILES string of the molecule is [2H]C([2H])([2H])C([2H])([2H])C([2H])([2H])C([2H])([2H])Cc1cc(O)c2c(c1)OC(C)(C)[C@@H]1CC=C(C)C[C@@H]21. The van der Waals surface area contributed by atoms with E-state index < -0.39 is 38.0 Å². The fourth-order valence-corrected chi connectivity index (χ4v) is 3.91. The van der Waals surface area contributed by atoms with Gasteiger partial charge in [-0.1, -0.05) is 31.2 Å². The molecule has 1 aliphatic heterocycles. The summed E-state index contributed by atoms with van der Waals surface area (Å²) in [6.45, 7) is 2.62. The number of benzene rings is 1. The van der Waals surface area contributed by atoms with Crippen LogP contribution in [0.2, 0.25) is 0 Å². The van der Waals surface area contributed by atoms with Crippen molar-refractivity contribution < 1.29 is 22.2 Å². The number of phenols is 1. The lowest BCUT2D eigenvalue weighted by molar-refractivity contribution is 0.00753. The molecule has 2 heteroatoms. The molecule has 0 bridgehead atoms. The topological polar surface area (TPSA) is 29.5 Å². The van der Waals surface area contributed by atoms with E-state index in [0.29, 0.717) is 11.3 Å². The van der Waals surface area contributed by atoms with Gasteiger partial charge in [-0.25, -0.2) is 0 Å². The van der Waals surface area contributed by atoms with Gasteiger partial charge in [0.1, 0.15) is 17.1 Å². The summed E-state index contributed by atoms with van der Waals surface area (Å²) in [5.74, 6) is 0.507. The molecular weight excluding hydrogens is 284 g/mol. The maximum Gasteiger partial charge on any atom is 0.127 e. The molecule has 0 saturated carbocycles. The van der Waals surface area contributed by atoms with Crippen LogP contribution in [0.5, 0.6) is 11.5 Å². The third kappa shape index (κ3) is 3.13. The average Bonchev–Trinajstić information content (AvgIpc) is 2.58. The van der Waals surface area contributed by atoms with Gasteiger partial charge in [0.15, 0.2) is 0 Å². The van der Waals surface area contributed by atoms with E-state index in [1.807, 2.05) is 20.8 Å². The van der Waals surface area contributed by atoms with E-state index in [1.165, 1.54) is 11.6 Å². The van der Waals surface area contributed by atoms with Gasteiger partial charge in [0.25, 0.3) is 0 Å². The van der Waals surface area contributed by atoms with Crippen molar-refractivity contribution in [2.45, 2.75) is 77.5 Å². The summed E-state index contributed by atoms with van der Waals surface area (Å²) in [5, 5.41) is 10.8. The summed E-state index contributed by atoms with van der Waals surface area (Å²) < 4.78 is 76.3. The molecule has 0 aromatic heterocycles. The largest absolute Gasteiger partial charge is 0.508 e. The van der Waals surface area contributed by atoms with Crippen molar-refractivity contribution in [1.82, 2.24) is 0 Å². The smallest absolute Gasteiger partial charge is 0.127 e. The van der Waals surface area contributed by atoms with Gasteiger partial charge < -0.3 is 9.84 Å². The standard InChI is InChI=1S/C21H30O2/c1-5-6-7-8-15-12-18(22)20-16-11-14(2)9-10-17(16)21(3,4)23-19(20)13-15/h9,12-13,16-17,22H,5-8,10-11H2,1-4H3/t16-,17-/m1/s1/i1D3,5D2,6D2,7D2. The van der Waals surface area contributed by atoms with E-state index in [0.717, 1.165) is 12.8 Å². The van der Waals surface area contributed by atoms with Gasteiger partial charge in [-0.2, -0.15) is 0 Å². The lowest BCUT2D eigenvalue weighted by Crippen LogP contribution is -2.45. The highest BCUT2D eigenvalue weighted by molar-refractivity contribution is 5.52. The number of ether oxygens (including phenoxy) is 1. The molecular formula is C21H30O2. The predicted octanol–water partition coefficient (Wildman–Crippen LogP) is 5.74. The number of aryl methyl sites for hydroxylation is 1. The summed E-state index contributed by atoms with van der Waals surface area (Å²) >= 11 is 0. The Labute approximate surface area is 153 Å². The first kappa shape index (κ1) is 8.60. The number of phenolic OH excluding ortho intramolecular Hbond substituents is 1. The summed E-state index contributed by atoms with van der Waals surface area (Å²) in [4.78, 5) is 0. The second-order valence-corrected chi connectivity index (χ2v) is 7.04. The van der Waals surface area contributed by atoms with Gasteiger partial charge in [-0.15, -0.1) is 0 Å². The lowest BCUT2D eigenvalue weighted by Gasteiger charge is -2.47. The fourth-order valence-electron chi connectivity index (χ4n) is 3.91. The highest BCUT2D eigenvalue weighted by Gasteiger charge is 2.45. The Balaban J connectivity index is 2.00. The first-order chi connectivity index (χ1) is 14.3. The maximum atomic E-state index is 10.8. The molecule has 2 aliphatic rings. The van der Waals surface area contributed by atoms with Crippen molar-refractivity contribution in [2.24, 2.45) is 5.92 Å². The van der Waals surface area contributed by atoms with Crippen LogP contribution in [-0.4, -0.2) is 10.7 Å². The first-order valence-electron chi connectivity index (χ1n) is 12.5.